The molecule has 1 fully saturated rings. The zero-order valence-electron chi connectivity index (χ0n) is 15.9. The van der Waals surface area contributed by atoms with Crippen LogP contribution in [0.5, 0.6) is 0 Å². The van der Waals surface area contributed by atoms with Crippen LogP contribution in [-0.4, -0.2) is 37.3 Å². The average molecular weight is 384 g/mol. The fraction of sp³-hybridized carbons (Fsp3) is 0.450. The molecule has 28 heavy (non-hydrogen) atoms. The molecule has 1 atom stereocenters. The number of imidazole rings is 1. The van der Waals surface area contributed by atoms with E-state index in [0.29, 0.717) is 34.8 Å². The van der Waals surface area contributed by atoms with E-state index in [1.807, 2.05) is 6.92 Å². The molecule has 0 aliphatic heterocycles. The first-order valence-electron chi connectivity index (χ1n) is 9.79. The van der Waals surface area contributed by atoms with Gasteiger partial charge in [-0.2, -0.15) is 4.98 Å². The summed E-state index contributed by atoms with van der Waals surface area (Å²) in [6, 6.07) is 6.51. The lowest BCUT2D eigenvalue weighted by Gasteiger charge is -2.22. The van der Waals surface area contributed by atoms with E-state index in [2.05, 4.69) is 25.6 Å². The predicted molar refractivity (Wildman–Crippen MR) is 107 cm³/mol. The fourth-order valence-corrected chi connectivity index (χ4v) is 3.66. The number of benzene rings is 1. The molecule has 2 aromatic heterocycles. The van der Waals surface area contributed by atoms with Gasteiger partial charge in [0.05, 0.1) is 24.5 Å². The van der Waals surface area contributed by atoms with Gasteiger partial charge in [0.1, 0.15) is 11.3 Å². The Bertz CT molecular complexity index is 953. The van der Waals surface area contributed by atoms with Crippen molar-refractivity contribution in [1.29, 1.82) is 0 Å². The van der Waals surface area contributed by atoms with Gasteiger partial charge < -0.3 is 15.7 Å². The third-order valence-corrected chi connectivity index (χ3v) is 5.20. The number of aliphatic hydroxyl groups excluding tert-OH is 1. The number of hydrogen-bond donors (Lipinski definition) is 3. The molecule has 0 spiro atoms. The summed E-state index contributed by atoms with van der Waals surface area (Å²) in [5.41, 5.74) is 1.51. The number of anilines is 3. The van der Waals surface area contributed by atoms with Gasteiger partial charge in [-0.1, -0.05) is 31.4 Å². The molecule has 0 amide bonds. The van der Waals surface area contributed by atoms with Gasteiger partial charge in [-0.15, -0.1) is 0 Å². The number of halogens is 1. The number of nitrogens with zero attached hydrogens (tertiary/aromatic N) is 4. The van der Waals surface area contributed by atoms with Gasteiger partial charge in [0.15, 0.2) is 5.65 Å². The summed E-state index contributed by atoms with van der Waals surface area (Å²) >= 11 is 0. The summed E-state index contributed by atoms with van der Waals surface area (Å²) < 4.78 is 15.9. The summed E-state index contributed by atoms with van der Waals surface area (Å²) in [7, 11) is 0. The minimum atomic E-state index is -0.372. The van der Waals surface area contributed by atoms with Crippen LogP contribution in [0, 0.1) is 5.82 Å². The fourth-order valence-electron chi connectivity index (χ4n) is 3.66. The summed E-state index contributed by atoms with van der Waals surface area (Å²) in [5.74, 6) is 0.609. The maximum atomic E-state index is 14.1. The van der Waals surface area contributed by atoms with E-state index in [1.54, 1.807) is 29.0 Å². The molecule has 1 unspecified atom stereocenters. The summed E-state index contributed by atoms with van der Waals surface area (Å²) in [6.07, 6.45) is 7.62. The van der Waals surface area contributed by atoms with Gasteiger partial charge in [-0.05, 0) is 31.9 Å². The van der Waals surface area contributed by atoms with Crippen LogP contribution in [0.1, 0.15) is 45.1 Å². The highest BCUT2D eigenvalue weighted by atomic mass is 19.1. The number of aromatic nitrogens is 4. The van der Waals surface area contributed by atoms with Crippen molar-refractivity contribution in [2.45, 2.75) is 51.1 Å². The lowest BCUT2D eigenvalue weighted by molar-refractivity contribution is 0.242. The molecule has 3 aromatic rings. The van der Waals surface area contributed by atoms with Crippen LogP contribution in [0.2, 0.25) is 0 Å². The van der Waals surface area contributed by atoms with Gasteiger partial charge >= 0.3 is 0 Å². The lowest BCUT2D eigenvalue weighted by Crippen LogP contribution is -2.23. The molecular weight excluding hydrogens is 359 g/mol. The zero-order chi connectivity index (χ0) is 19.5. The van der Waals surface area contributed by atoms with E-state index in [4.69, 9.17) is 0 Å². The highest BCUT2D eigenvalue weighted by molar-refractivity contribution is 5.76. The first-order valence-corrected chi connectivity index (χ1v) is 9.79. The second-order valence-electron chi connectivity index (χ2n) is 7.32. The van der Waals surface area contributed by atoms with E-state index in [-0.39, 0.29) is 18.5 Å². The largest absolute Gasteiger partial charge is 0.394 e. The average Bonchev–Trinajstić information content (AvgIpc) is 3.07. The van der Waals surface area contributed by atoms with Crippen molar-refractivity contribution in [1.82, 2.24) is 19.5 Å². The molecule has 8 heteroatoms. The number of hydrogen-bond acceptors (Lipinski definition) is 6. The molecule has 1 saturated carbocycles. The Morgan fingerprint density at radius 3 is 2.75 bits per heavy atom. The lowest BCUT2D eigenvalue weighted by atomic mass is 9.96. The summed E-state index contributed by atoms with van der Waals surface area (Å²) in [5, 5.41) is 16.2. The Morgan fingerprint density at radius 2 is 2.00 bits per heavy atom. The number of aliphatic hydroxyl groups is 1. The number of nitrogens with one attached hydrogen (secondary N) is 2. The Kier molecular flexibility index (Phi) is 5.38. The first-order chi connectivity index (χ1) is 13.7. The Balaban J connectivity index is 1.70. The monoisotopic (exact) mass is 384 g/mol. The molecule has 1 aromatic carbocycles. The van der Waals surface area contributed by atoms with Crippen LogP contribution >= 0.6 is 0 Å². The van der Waals surface area contributed by atoms with Crippen molar-refractivity contribution in [2.24, 2.45) is 0 Å². The molecule has 0 radical (unpaired) electrons. The van der Waals surface area contributed by atoms with Crippen molar-refractivity contribution in [3.63, 3.8) is 0 Å². The third kappa shape index (κ3) is 3.77. The Morgan fingerprint density at radius 1 is 1.21 bits per heavy atom. The van der Waals surface area contributed by atoms with Gasteiger partial charge in [0, 0.05) is 6.04 Å². The van der Waals surface area contributed by atoms with Crippen molar-refractivity contribution in [3.8, 4) is 0 Å². The van der Waals surface area contributed by atoms with Crippen LogP contribution < -0.4 is 10.6 Å². The quantitative estimate of drug-likeness (QED) is 0.595. The van der Waals surface area contributed by atoms with Gasteiger partial charge in [0.25, 0.3) is 0 Å². The molecule has 148 valence electrons. The number of rotatable bonds is 6. The second-order valence-corrected chi connectivity index (χ2v) is 7.32. The normalized spacial score (nSPS) is 16.2. The van der Waals surface area contributed by atoms with E-state index >= 15 is 0 Å². The van der Waals surface area contributed by atoms with Gasteiger partial charge in [-0.25, -0.2) is 14.4 Å². The topological polar surface area (TPSA) is 87.9 Å². The van der Waals surface area contributed by atoms with E-state index in [9.17, 15) is 9.50 Å². The molecule has 1 aliphatic rings. The molecule has 1 aliphatic carbocycles. The van der Waals surface area contributed by atoms with Crippen LogP contribution in [0.15, 0.2) is 30.5 Å². The molecule has 7 nitrogen and oxygen atoms in total. The molecule has 0 bridgehead atoms. The second kappa shape index (κ2) is 8.10. The van der Waals surface area contributed by atoms with Crippen molar-refractivity contribution >= 4 is 28.7 Å². The Labute approximate surface area is 163 Å². The third-order valence-electron chi connectivity index (χ3n) is 5.20. The minimum absolute atomic E-state index is 0.0905. The first kappa shape index (κ1) is 18.6. The van der Waals surface area contributed by atoms with Crippen LogP contribution in [0.4, 0.5) is 22.0 Å². The molecule has 2 heterocycles. The smallest absolute Gasteiger partial charge is 0.224 e. The van der Waals surface area contributed by atoms with Crippen molar-refractivity contribution in [2.75, 3.05) is 17.2 Å². The predicted octanol–water partition coefficient (Wildman–Crippen LogP) is 4.01. The maximum absolute atomic E-state index is 14.1. The molecule has 0 saturated heterocycles. The standard InChI is InChI=1S/C20H25FN6O/c1-13(12-28)27-18-17(25-20(27)24-16-10-6-5-9-15(16)21)11-22-19(26-18)23-14-7-3-2-4-8-14/h5-6,9-11,13-14,28H,2-4,7-8,12H2,1H3,(H,24,25)(H,22,23,26). The summed E-state index contributed by atoms with van der Waals surface area (Å²) in [4.78, 5) is 13.6. The highest BCUT2D eigenvalue weighted by Crippen LogP contribution is 2.27. The molecule has 4 rings (SSSR count). The highest BCUT2D eigenvalue weighted by Gasteiger charge is 2.20. The minimum Gasteiger partial charge on any atom is -0.394 e. The van der Waals surface area contributed by atoms with E-state index < -0.39 is 0 Å². The van der Waals surface area contributed by atoms with Crippen LogP contribution in [0.3, 0.4) is 0 Å². The molecule has 3 N–H and O–H groups in total. The van der Waals surface area contributed by atoms with Gasteiger partial charge in [-0.3, -0.25) is 4.57 Å². The Hall–Kier alpha value is -2.74. The van der Waals surface area contributed by atoms with E-state index in [0.717, 1.165) is 12.8 Å². The van der Waals surface area contributed by atoms with Crippen molar-refractivity contribution < 1.29 is 9.50 Å². The van der Waals surface area contributed by atoms with Crippen LogP contribution in [0.25, 0.3) is 11.2 Å². The number of para-hydroxylation sites is 1. The number of fused-ring (bicyclic) bond motifs is 1. The SMILES string of the molecule is CC(CO)n1c(Nc2ccccc2F)nc2cnc(NC3CCCCC3)nc21. The molecular formula is C20H25FN6O. The van der Waals surface area contributed by atoms with Crippen molar-refractivity contribution in [3.05, 3.63) is 36.3 Å². The van der Waals surface area contributed by atoms with Crippen LogP contribution in [-0.2, 0) is 0 Å². The zero-order valence-corrected chi connectivity index (χ0v) is 15.9. The maximum Gasteiger partial charge on any atom is 0.224 e. The summed E-state index contributed by atoms with van der Waals surface area (Å²) in [6.45, 7) is 1.77. The van der Waals surface area contributed by atoms with Gasteiger partial charge in [0.2, 0.25) is 11.9 Å². The van der Waals surface area contributed by atoms with E-state index in [1.165, 1.54) is 25.3 Å².